The van der Waals surface area contributed by atoms with Crippen LogP contribution in [0.5, 0.6) is 5.75 Å². The molecule has 2 heteroatoms. The molecule has 0 aliphatic carbocycles. The Bertz CT molecular complexity index is 547. The van der Waals surface area contributed by atoms with E-state index in [2.05, 4.69) is 32.0 Å². The zero-order valence-corrected chi connectivity index (χ0v) is 11.7. The number of hydrogen-bond acceptors (Lipinski definition) is 1. The van der Waals surface area contributed by atoms with Crippen LogP contribution in [-0.4, -0.2) is 7.11 Å². The Morgan fingerprint density at radius 1 is 1.00 bits per heavy atom. The van der Waals surface area contributed by atoms with E-state index in [4.69, 9.17) is 16.3 Å². The maximum Gasteiger partial charge on any atom is 0.122 e. The molecule has 2 rings (SSSR count). The highest BCUT2D eigenvalue weighted by Gasteiger charge is 2.09. The van der Waals surface area contributed by atoms with E-state index < -0.39 is 0 Å². The summed E-state index contributed by atoms with van der Waals surface area (Å²) in [6.45, 7) is 4.33. The van der Waals surface area contributed by atoms with Gasteiger partial charge in [-0.2, -0.15) is 0 Å². The molecule has 0 aliphatic rings. The second-order valence-corrected chi connectivity index (χ2v) is 5.06. The van der Waals surface area contributed by atoms with Crippen LogP contribution in [0.15, 0.2) is 42.5 Å². The molecule has 0 N–H and O–H groups in total. The van der Waals surface area contributed by atoms with Crippen LogP contribution in [0.3, 0.4) is 0 Å². The van der Waals surface area contributed by atoms with Crippen molar-refractivity contribution >= 4 is 11.6 Å². The number of hydrogen-bond donors (Lipinski definition) is 0. The smallest absolute Gasteiger partial charge is 0.122 e. The fourth-order valence-corrected chi connectivity index (χ4v) is 2.22. The van der Waals surface area contributed by atoms with Gasteiger partial charge < -0.3 is 4.74 Å². The van der Waals surface area contributed by atoms with Crippen LogP contribution in [0.1, 0.15) is 25.3 Å². The Balaban J connectivity index is 2.50. The van der Waals surface area contributed by atoms with Crippen molar-refractivity contribution in [1.29, 1.82) is 0 Å². The SMILES string of the molecule is COc1ccc(-c2cccc(Cl)c2)cc1C(C)C. The summed E-state index contributed by atoms with van der Waals surface area (Å²) in [5.41, 5.74) is 3.52. The van der Waals surface area contributed by atoms with E-state index in [1.807, 2.05) is 24.3 Å². The molecule has 0 fully saturated rings. The van der Waals surface area contributed by atoms with Crippen molar-refractivity contribution in [2.24, 2.45) is 0 Å². The first-order chi connectivity index (χ1) is 8.61. The standard InChI is InChI=1S/C16H17ClO/c1-11(2)15-10-13(7-8-16(15)18-3)12-5-4-6-14(17)9-12/h4-11H,1-3H3. The van der Waals surface area contributed by atoms with Crippen LogP contribution in [0, 0.1) is 0 Å². The van der Waals surface area contributed by atoms with E-state index in [0.717, 1.165) is 16.3 Å². The number of ether oxygens (including phenoxy) is 1. The highest BCUT2D eigenvalue weighted by atomic mass is 35.5. The Hall–Kier alpha value is -1.47. The third kappa shape index (κ3) is 2.68. The van der Waals surface area contributed by atoms with Gasteiger partial charge in [0.25, 0.3) is 0 Å². The van der Waals surface area contributed by atoms with E-state index in [1.54, 1.807) is 7.11 Å². The lowest BCUT2D eigenvalue weighted by Gasteiger charge is -2.13. The molecule has 0 saturated heterocycles. The lowest BCUT2D eigenvalue weighted by molar-refractivity contribution is 0.407. The minimum atomic E-state index is 0.430. The van der Waals surface area contributed by atoms with E-state index in [-0.39, 0.29) is 0 Å². The minimum absolute atomic E-state index is 0.430. The van der Waals surface area contributed by atoms with E-state index >= 15 is 0 Å². The highest BCUT2D eigenvalue weighted by Crippen LogP contribution is 2.32. The summed E-state index contributed by atoms with van der Waals surface area (Å²) >= 11 is 6.03. The van der Waals surface area contributed by atoms with E-state index in [0.29, 0.717) is 5.92 Å². The van der Waals surface area contributed by atoms with Gasteiger partial charge in [0.1, 0.15) is 5.75 Å². The Labute approximate surface area is 113 Å². The third-order valence-electron chi connectivity index (χ3n) is 3.01. The predicted octanol–water partition coefficient (Wildman–Crippen LogP) is 5.14. The number of methoxy groups -OCH3 is 1. The van der Waals surface area contributed by atoms with Gasteiger partial charge in [0.2, 0.25) is 0 Å². The molecule has 18 heavy (non-hydrogen) atoms. The van der Waals surface area contributed by atoms with Crippen molar-refractivity contribution in [3.63, 3.8) is 0 Å². The van der Waals surface area contributed by atoms with Crippen molar-refractivity contribution < 1.29 is 4.74 Å². The third-order valence-corrected chi connectivity index (χ3v) is 3.24. The lowest BCUT2D eigenvalue weighted by atomic mass is 9.96. The average molecular weight is 261 g/mol. The first-order valence-corrected chi connectivity index (χ1v) is 6.43. The topological polar surface area (TPSA) is 9.23 Å². The van der Waals surface area contributed by atoms with Gasteiger partial charge in [-0.05, 0) is 46.9 Å². The number of benzene rings is 2. The van der Waals surface area contributed by atoms with Gasteiger partial charge in [-0.15, -0.1) is 0 Å². The molecule has 94 valence electrons. The summed E-state index contributed by atoms with van der Waals surface area (Å²) in [6, 6.07) is 14.2. The van der Waals surface area contributed by atoms with Gasteiger partial charge in [-0.3, -0.25) is 0 Å². The second-order valence-electron chi connectivity index (χ2n) is 4.62. The van der Waals surface area contributed by atoms with Crippen LogP contribution < -0.4 is 4.74 Å². The molecule has 0 unspecified atom stereocenters. The summed E-state index contributed by atoms with van der Waals surface area (Å²) in [5, 5.41) is 0.759. The maximum absolute atomic E-state index is 6.03. The van der Waals surface area contributed by atoms with Crippen molar-refractivity contribution in [2.75, 3.05) is 7.11 Å². The monoisotopic (exact) mass is 260 g/mol. The molecule has 0 radical (unpaired) electrons. The van der Waals surface area contributed by atoms with Gasteiger partial charge in [-0.1, -0.05) is 43.6 Å². The van der Waals surface area contributed by atoms with Gasteiger partial charge in [0.15, 0.2) is 0 Å². The first kappa shape index (κ1) is 13.0. The van der Waals surface area contributed by atoms with Crippen molar-refractivity contribution in [2.45, 2.75) is 19.8 Å². The van der Waals surface area contributed by atoms with Gasteiger partial charge in [0, 0.05) is 5.02 Å². The minimum Gasteiger partial charge on any atom is -0.496 e. The van der Waals surface area contributed by atoms with Gasteiger partial charge in [-0.25, -0.2) is 0 Å². The summed E-state index contributed by atoms with van der Waals surface area (Å²) in [7, 11) is 1.71. The molecule has 0 saturated carbocycles. The highest BCUT2D eigenvalue weighted by molar-refractivity contribution is 6.30. The van der Waals surface area contributed by atoms with Crippen LogP contribution >= 0.6 is 11.6 Å². The molecule has 0 heterocycles. The molecule has 0 amide bonds. The molecule has 2 aromatic carbocycles. The lowest BCUT2D eigenvalue weighted by Crippen LogP contribution is -1.94. The van der Waals surface area contributed by atoms with Gasteiger partial charge >= 0.3 is 0 Å². The molecular weight excluding hydrogens is 244 g/mol. The summed E-state index contributed by atoms with van der Waals surface area (Å²) in [6.07, 6.45) is 0. The molecule has 0 aromatic heterocycles. The van der Waals surface area contributed by atoms with Crippen LogP contribution in [0.25, 0.3) is 11.1 Å². The molecular formula is C16H17ClO. The zero-order valence-electron chi connectivity index (χ0n) is 10.9. The molecule has 0 bridgehead atoms. The predicted molar refractivity (Wildman–Crippen MR) is 77.5 cm³/mol. The summed E-state index contributed by atoms with van der Waals surface area (Å²) in [5.74, 6) is 1.37. The van der Waals surface area contributed by atoms with Crippen LogP contribution in [0.2, 0.25) is 5.02 Å². The van der Waals surface area contributed by atoms with Crippen molar-refractivity contribution in [1.82, 2.24) is 0 Å². The Morgan fingerprint density at radius 3 is 2.33 bits per heavy atom. The van der Waals surface area contributed by atoms with Crippen molar-refractivity contribution in [3.05, 3.63) is 53.1 Å². The normalized spacial score (nSPS) is 10.7. The summed E-state index contributed by atoms with van der Waals surface area (Å²) in [4.78, 5) is 0. The Kier molecular flexibility index (Phi) is 3.93. The number of rotatable bonds is 3. The fraction of sp³-hybridized carbons (Fsp3) is 0.250. The summed E-state index contributed by atoms with van der Waals surface area (Å²) < 4.78 is 5.40. The molecule has 0 aliphatic heterocycles. The van der Waals surface area contributed by atoms with E-state index in [9.17, 15) is 0 Å². The van der Waals surface area contributed by atoms with Crippen LogP contribution in [0.4, 0.5) is 0 Å². The quantitative estimate of drug-likeness (QED) is 0.743. The number of halogens is 1. The average Bonchev–Trinajstić information content (AvgIpc) is 2.38. The first-order valence-electron chi connectivity index (χ1n) is 6.05. The van der Waals surface area contributed by atoms with Gasteiger partial charge in [0.05, 0.1) is 7.11 Å². The van der Waals surface area contributed by atoms with Crippen molar-refractivity contribution in [3.8, 4) is 16.9 Å². The molecule has 1 nitrogen and oxygen atoms in total. The molecule has 2 aromatic rings. The molecule has 0 atom stereocenters. The maximum atomic E-state index is 6.03. The Morgan fingerprint density at radius 2 is 1.72 bits per heavy atom. The fourth-order valence-electron chi connectivity index (χ4n) is 2.03. The molecule has 0 spiro atoms. The zero-order chi connectivity index (χ0) is 13.1. The largest absolute Gasteiger partial charge is 0.496 e. The second kappa shape index (κ2) is 5.45. The van der Waals surface area contributed by atoms with E-state index in [1.165, 1.54) is 11.1 Å². The van der Waals surface area contributed by atoms with Crippen LogP contribution in [-0.2, 0) is 0 Å².